The van der Waals surface area contributed by atoms with Crippen molar-refractivity contribution in [1.82, 2.24) is 0 Å². The topological polar surface area (TPSA) is 54.4 Å². The summed E-state index contributed by atoms with van der Waals surface area (Å²) in [5.41, 5.74) is -0.758. The van der Waals surface area contributed by atoms with Gasteiger partial charge in [-0.2, -0.15) is 0 Å². The second kappa shape index (κ2) is 3.84. The van der Waals surface area contributed by atoms with Crippen LogP contribution >= 0.6 is 0 Å². The van der Waals surface area contributed by atoms with Crippen LogP contribution in [0.25, 0.3) is 0 Å². The first-order valence-electron chi connectivity index (χ1n) is 2.63. The summed E-state index contributed by atoms with van der Waals surface area (Å²) in [6, 6.07) is 0. The van der Waals surface area contributed by atoms with Gasteiger partial charge in [-0.05, 0) is 0 Å². The minimum Gasteiger partial charge on any atom is -0.475 e. The molecule has 1 radical (unpaired) electrons. The molecular formula is C6H10IrO3. The number of carbonyl (C=O) groups is 2. The van der Waals surface area contributed by atoms with Crippen LogP contribution in [0.4, 0.5) is 0 Å². The maximum absolute atomic E-state index is 10.6. The summed E-state index contributed by atoms with van der Waals surface area (Å²) in [5, 5.41) is 8.17. The fourth-order valence-electron chi connectivity index (χ4n) is 0.321. The number of hydrogen-bond acceptors (Lipinski definition) is 2. The van der Waals surface area contributed by atoms with Crippen LogP contribution in [0, 0.1) is 5.41 Å². The van der Waals surface area contributed by atoms with E-state index in [0.717, 1.165) is 0 Å². The van der Waals surface area contributed by atoms with Crippen molar-refractivity contribution in [3.63, 3.8) is 0 Å². The Labute approximate surface area is 73.2 Å². The Bertz CT molecular complexity index is 146. The van der Waals surface area contributed by atoms with Gasteiger partial charge >= 0.3 is 5.97 Å². The SMILES string of the molecule is CC(C)(C)C(=O)C(=O)O.[Ir]. The molecular weight excluding hydrogens is 312 g/mol. The summed E-state index contributed by atoms with van der Waals surface area (Å²) in [5.74, 6) is -2.11. The maximum Gasteiger partial charge on any atom is 0.372 e. The first-order valence-corrected chi connectivity index (χ1v) is 2.63. The van der Waals surface area contributed by atoms with E-state index in [2.05, 4.69) is 0 Å². The molecule has 0 amide bonds. The molecule has 0 aliphatic heterocycles. The van der Waals surface area contributed by atoms with Gasteiger partial charge in [-0.15, -0.1) is 0 Å². The van der Waals surface area contributed by atoms with Gasteiger partial charge in [0.1, 0.15) is 0 Å². The molecule has 0 atom stereocenters. The molecule has 0 aromatic rings. The zero-order valence-electron chi connectivity index (χ0n) is 6.10. The molecule has 1 N–H and O–H groups in total. The zero-order valence-corrected chi connectivity index (χ0v) is 8.49. The van der Waals surface area contributed by atoms with Gasteiger partial charge in [0.15, 0.2) is 0 Å². The van der Waals surface area contributed by atoms with E-state index in [0.29, 0.717) is 0 Å². The van der Waals surface area contributed by atoms with E-state index in [-0.39, 0.29) is 20.1 Å². The number of carbonyl (C=O) groups excluding carboxylic acids is 1. The van der Waals surface area contributed by atoms with Crippen molar-refractivity contribution in [2.24, 2.45) is 5.41 Å². The molecule has 0 unspecified atom stereocenters. The van der Waals surface area contributed by atoms with Gasteiger partial charge in [0.05, 0.1) is 0 Å². The number of rotatable bonds is 1. The molecule has 0 aliphatic carbocycles. The molecule has 0 rings (SSSR count). The Hall–Kier alpha value is -0.211. The number of Topliss-reactive ketones (excluding diaryl/α,β-unsaturated/α-hetero) is 1. The number of carboxylic acids is 1. The van der Waals surface area contributed by atoms with Gasteiger partial charge in [-0.3, -0.25) is 4.79 Å². The van der Waals surface area contributed by atoms with E-state index in [9.17, 15) is 9.59 Å². The summed E-state index contributed by atoms with van der Waals surface area (Å²) in [6.07, 6.45) is 0. The Balaban J connectivity index is 0. The summed E-state index contributed by atoms with van der Waals surface area (Å²) >= 11 is 0. The van der Waals surface area contributed by atoms with Gasteiger partial charge < -0.3 is 5.11 Å². The molecule has 0 aromatic carbocycles. The fourth-order valence-corrected chi connectivity index (χ4v) is 0.321. The van der Waals surface area contributed by atoms with Crippen molar-refractivity contribution < 1.29 is 34.8 Å². The molecule has 0 saturated heterocycles. The van der Waals surface area contributed by atoms with E-state index >= 15 is 0 Å². The monoisotopic (exact) mass is 323 g/mol. The van der Waals surface area contributed by atoms with E-state index in [4.69, 9.17) is 5.11 Å². The predicted octanol–water partition coefficient (Wildman–Crippen LogP) is 0.684. The van der Waals surface area contributed by atoms with Gasteiger partial charge in [-0.25, -0.2) is 4.79 Å². The Kier molecular flexibility index (Phi) is 4.78. The molecule has 0 aromatic heterocycles. The fraction of sp³-hybridized carbons (Fsp3) is 0.667. The van der Waals surface area contributed by atoms with Crippen LogP contribution < -0.4 is 0 Å². The average Bonchev–Trinajstić information content (AvgIpc) is 1.62. The van der Waals surface area contributed by atoms with Crippen molar-refractivity contribution in [2.45, 2.75) is 20.8 Å². The minimum absolute atomic E-state index is 0. The van der Waals surface area contributed by atoms with E-state index in [1.807, 2.05) is 0 Å². The average molecular weight is 322 g/mol. The van der Waals surface area contributed by atoms with Gasteiger partial charge in [0.2, 0.25) is 5.78 Å². The number of carboxylic acid groups (broad SMARTS) is 1. The van der Waals surface area contributed by atoms with Crippen molar-refractivity contribution in [3.05, 3.63) is 0 Å². The third-order valence-corrected chi connectivity index (χ3v) is 0.875. The third-order valence-electron chi connectivity index (χ3n) is 0.875. The quantitative estimate of drug-likeness (QED) is 0.723. The standard InChI is InChI=1S/C6H10O3.Ir/c1-6(2,3)4(7)5(8)9;/h1-3H3,(H,8,9);. The maximum atomic E-state index is 10.6. The van der Waals surface area contributed by atoms with E-state index in [1.54, 1.807) is 20.8 Å². The molecule has 61 valence electrons. The molecule has 3 nitrogen and oxygen atoms in total. The van der Waals surface area contributed by atoms with Crippen molar-refractivity contribution >= 4 is 11.8 Å². The Morgan fingerprint density at radius 2 is 1.50 bits per heavy atom. The largest absolute Gasteiger partial charge is 0.475 e. The van der Waals surface area contributed by atoms with Crippen LogP contribution in [0.1, 0.15) is 20.8 Å². The second-order valence-corrected chi connectivity index (χ2v) is 2.88. The molecule has 0 fully saturated rings. The molecule has 0 saturated carbocycles. The van der Waals surface area contributed by atoms with Crippen molar-refractivity contribution in [1.29, 1.82) is 0 Å². The first kappa shape index (κ1) is 12.5. The van der Waals surface area contributed by atoms with Gasteiger partial charge in [0, 0.05) is 25.5 Å². The number of aliphatic carboxylic acids is 1. The van der Waals surface area contributed by atoms with Crippen molar-refractivity contribution in [2.75, 3.05) is 0 Å². The normalized spacial score (nSPS) is 9.90. The molecule has 4 heteroatoms. The molecule has 0 heterocycles. The summed E-state index contributed by atoms with van der Waals surface area (Å²) < 4.78 is 0. The van der Waals surface area contributed by atoms with Gasteiger partial charge in [0.25, 0.3) is 0 Å². The second-order valence-electron chi connectivity index (χ2n) is 2.88. The van der Waals surface area contributed by atoms with Crippen LogP contribution in [0.3, 0.4) is 0 Å². The molecule has 0 spiro atoms. The summed E-state index contributed by atoms with van der Waals surface area (Å²) in [4.78, 5) is 20.6. The molecule has 10 heavy (non-hydrogen) atoms. The van der Waals surface area contributed by atoms with Gasteiger partial charge in [-0.1, -0.05) is 20.8 Å². The van der Waals surface area contributed by atoms with Crippen molar-refractivity contribution in [3.8, 4) is 0 Å². The summed E-state index contributed by atoms with van der Waals surface area (Å²) in [6.45, 7) is 4.72. The first-order chi connectivity index (χ1) is 3.85. The van der Waals surface area contributed by atoms with Crippen LogP contribution in [0.5, 0.6) is 0 Å². The summed E-state index contributed by atoms with van der Waals surface area (Å²) in [7, 11) is 0. The third kappa shape index (κ3) is 3.75. The Morgan fingerprint density at radius 1 is 1.20 bits per heavy atom. The minimum atomic E-state index is -1.36. The number of ketones is 1. The van der Waals surface area contributed by atoms with Crippen LogP contribution in [0.2, 0.25) is 0 Å². The smallest absolute Gasteiger partial charge is 0.372 e. The molecule has 0 aliphatic rings. The van der Waals surface area contributed by atoms with E-state index < -0.39 is 17.2 Å². The van der Waals surface area contributed by atoms with Crippen LogP contribution in [-0.2, 0) is 29.7 Å². The zero-order chi connectivity index (χ0) is 7.65. The number of hydrogen-bond donors (Lipinski definition) is 1. The molecule has 0 bridgehead atoms. The predicted molar refractivity (Wildman–Crippen MR) is 32.1 cm³/mol. The van der Waals surface area contributed by atoms with Crippen LogP contribution in [-0.4, -0.2) is 16.9 Å². The Morgan fingerprint density at radius 3 is 1.50 bits per heavy atom. The van der Waals surface area contributed by atoms with Crippen LogP contribution in [0.15, 0.2) is 0 Å². The van der Waals surface area contributed by atoms with E-state index in [1.165, 1.54) is 0 Å².